The van der Waals surface area contributed by atoms with E-state index in [0.29, 0.717) is 5.69 Å². The van der Waals surface area contributed by atoms with Gasteiger partial charge < -0.3 is 5.11 Å². The van der Waals surface area contributed by atoms with E-state index in [-0.39, 0.29) is 5.15 Å². The van der Waals surface area contributed by atoms with Gasteiger partial charge in [-0.2, -0.15) is 5.10 Å². The third-order valence-corrected chi connectivity index (χ3v) is 3.15. The van der Waals surface area contributed by atoms with Crippen LogP contribution in [0.5, 0.6) is 0 Å². The first-order chi connectivity index (χ1) is 9.70. The van der Waals surface area contributed by atoms with Crippen molar-refractivity contribution in [2.24, 2.45) is 0 Å². The van der Waals surface area contributed by atoms with Crippen LogP contribution in [0.4, 0.5) is 10.5 Å². The van der Waals surface area contributed by atoms with Crippen LogP contribution in [0.15, 0.2) is 24.7 Å². The molecule has 0 unspecified atom stereocenters. The maximum atomic E-state index is 11.5. The molecule has 2 aromatic heterocycles. The third-order valence-electron chi connectivity index (χ3n) is 2.88. The van der Waals surface area contributed by atoms with Crippen molar-refractivity contribution < 1.29 is 9.90 Å². The molecule has 0 aliphatic carbocycles. The van der Waals surface area contributed by atoms with Gasteiger partial charge in [0.2, 0.25) is 0 Å². The summed E-state index contributed by atoms with van der Waals surface area (Å²) in [5, 5.41) is 13.7. The van der Waals surface area contributed by atoms with Crippen LogP contribution < -0.4 is 4.90 Å². The van der Waals surface area contributed by atoms with Crippen molar-refractivity contribution in [3.8, 4) is 5.69 Å². The molecule has 21 heavy (non-hydrogen) atoms. The van der Waals surface area contributed by atoms with E-state index in [2.05, 4.69) is 10.1 Å². The van der Waals surface area contributed by atoms with E-state index in [1.807, 2.05) is 13.0 Å². The highest BCUT2D eigenvalue weighted by Gasteiger charge is 2.31. The summed E-state index contributed by atoms with van der Waals surface area (Å²) in [6.45, 7) is 7.30. The predicted octanol–water partition coefficient (Wildman–Crippen LogP) is 3.51. The summed E-state index contributed by atoms with van der Waals surface area (Å²) in [5.74, 6) is 0. The molecular formula is C14H17ClN4O2. The summed E-state index contributed by atoms with van der Waals surface area (Å²) in [7, 11) is 0. The van der Waals surface area contributed by atoms with Crippen molar-refractivity contribution >= 4 is 23.4 Å². The Labute approximate surface area is 128 Å². The molecule has 0 bridgehead atoms. The van der Waals surface area contributed by atoms with E-state index in [0.717, 1.165) is 11.3 Å². The lowest BCUT2D eigenvalue weighted by molar-refractivity contribution is 0.195. The zero-order valence-electron chi connectivity index (χ0n) is 12.3. The number of aromatic nitrogens is 3. The number of aryl methyl sites for hydroxylation is 1. The number of rotatable bonds is 2. The van der Waals surface area contributed by atoms with E-state index in [4.69, 9.17) is 11.6 Å². The first-order valence-corrected chi connectivity index (χ1v) is 6.78. The molecule has 112 valence electrons. The van der Waals surface area contributed by atoms with Gasteiger partial charge in [0.25, 0.3) is 0 Å². The van der Waals surface area contributed by atoms with Gasteiger partial charge in [0.1, 0.15) is 5.69 Å². The first-order valence-electron chi connectivity index (χ1n) is 6.40. The lowest BCUT2D eigenvalue weighted by Gasteiger charge is -2.32. The topological polar surface area (TPSA) is 71.2 Å². The van der Waals surface area contributed by atoms with Gasteiger partial charge in [-0.15, -0.1) is 0 Å². The van der Waals surface area contributed by atoms with Crippen LogP contribution in [0, 0.1) is 6.92 Å². The maximum absolute atomic E-state index is 11.5. The lowest BCUT2D eigenvalue weighted by atomic mass is 10.1. The van der Waals surface area contributed by atoms with E-state index >= 15 is 0 Å². The van der Waals surface area contributed by atoms with Crippen LogP contribution in [0.2, 0.25) is 5.15 Å². The molecule has 0 aromatic carbocycles. The van der Waals surface area contributed by atoms with Crippen molar-refractivity contribution in [1.82, 2.24) is 14.8 Å². The number of pyridine rings is 1. The minimum absolute atomic E-state index is 0.133. The molecule has 1 amide bonds. The minimum atomic E-state index is -1.08. The highest BCUT2D eigenvalue weighted by atomic mass is 35.5. The molecule has 2 heterocycles. The Balaban J connectivity index is 2.50. The highest BCUT2D eigenvalue weighted by Crippen LogP contribution is 2.31. The molecule has 2 aromatic rings. The Morgan fingerprint density at radius 2 is 2.05 bits per heavy atom. The van der Waals surface area contributed by atoms with Crippen LogP contribution in [0.25, 0.3) is 5.69 Å². The summed E-state index contributed by atoms with van der Waals surface area (Å²) >= 11 is 6.12. The smallest absolute Gasteiger partial charge is 0.412 e. The Morgan fingerprint density at radius 1 is 1.38 bits per heavy atom. The van der Waals surface area contributed by atoms with Gasteiger partial charge in [0.15, 0.2) is 5.15 Å². The molecule has 1 N–H and O–H groups in total. The fourth-order valence-electron chi connectivity index (χ4n) is 2.04. The zero-order chi connectivity index (χ0) is 15.8. The number of hydrogen-bond donors (Lipinski definition) is 1. The van der Waals surface area contributed by atoms with Crippen LogP contribution in [0.1, 0.15) is 26.3 Å². The monoisotopic (exact) mass is 308 g/mol. The molecule has 0 spiro atoms. The van der Waals surface area contributed by atoms with Crippen molar-refractivity contribution in [3.05, 3.63) is 35.4 Å². The molecule has 0 aliphatic rings. The Kier molecular flexibility index (Phi) is 3.91. The molecule has 0 fully saturated rings. The van der Waals surface area contributed by atoms with E-state index in [1.165, 1.54) is 9.58 Å². The number of nitrogens with zero attached hydrogens (tertiary/aromatic N) is 4. The second-order valence-electron chi connectivity index (χ2n) is 5.76. The van der Waals surface area contributed by atoms with Crippen LogP contribution >= 0.6 is 11.6 Å². The van der Waals surface area contributed by atoms with E-state index < -0.39 is 11.6 Å². The fraction of sp³-hybridized carbons (Fsp3) is 0.357. The molecule has 7 heteroatoms. The third kappa shape index (κ3) is 3.16. The SMILES string of the molecule is Cc1cncc(-n2cc(N(C(=O)O)C(C)(C)C)c(Cl)n2)c1. The van der Waals surface area contributed by atoms with Gasteiger partial charge in [-0.1, -0.05) is 11.6 Å². The summed E-state index contributed by atoms with van der Waals surface area (Å²) < 4.78 is 1.53. The van der Waals surface area contributed by atoms with Crippen molar-refractivity contribution in [2.45, 2.75) is 33.2 Å². The Hall–Kier alpha value is -2.08. The Bertz CT molecular complexity index is 676. The number of hydrogen-bond acceptors (Lipinski definition) is 3. The number of carbonyl (C=O) groups is 1. The van der Waals surface area contributed by atoms with Crippen molar-refractivity contribution in [2.75, 3.05) is 4.90 Å². The molecule has 0 saturated heterocycles. The molecule has 0 atom stereocenters. The number of halogens is 1. The number of amides is 1. The fourth-order valence-corrected chi connectivity index (χ4v) is 2.26. The summed E-state index contributed by atoms with van der Waals surface area (Å²) in [5.41, 5.74) is 1.42. The van der Waals surface area contributed by atoms with Gasteiger partial charge in [-0.3, -0.25) is 9.88 Å². The molecule has 6 nitrogen and oxygen atoms in total. The molecule has 2 rings (SSSR count). The average Bonchev–Trinajstić information content (AvgIpc) is 2.69. The van der Waals surface area contributed by atoms with Gasteiger partial charge in [-0.25, -0.2) is 9.48 Å². The second-order valence-corrected chi connectivity index (χ2v) is 6.12. The summed E-state index contributed by atoms with van der Waals surface area (Å²) in [4.78, 5) is 16.8. The molecular weight excluding hydrogens is 292 g/mol. The number of anilines is 1. The minimum Gasteiger partial charge on any atom is -0.465 e. The predicted molar refractivity (Wildman–Crippen MR) is 81.4 cm³/mol. The second kappa shape index (κ2) is 5.37. The van der Waals surface area contributed by atoms with Gasteiger partial charge in [0, 0.05) is 11.7 Å². The summed E-state index contributed by atoms with van der Waals surface area (Å²) in [6, 6.07) is 1.89. The zero-order valence-corrected chi connectivity index (χ0v) is 13.1. The van der Waals surface area contributed by atoms with E-state index in [1.54, 1.807) is 39.4 Å². The largest absolute Gasteiger partial charge is 0.465 e. The number of carboxylic acid groups (broad SMARTS) is 1. The van der Waals surface area contributed by atoms with Crippen molar-refractivity contribution in [3.63, 3.8) is 0 Å². The van der Waals surface area contributed by atoms with E-state index in [9.17, 15) is 9.90 Å². The molecule has 0 radical (unpaired) electrons. The van der Waals surface area contributed by atoms with Gasteiger partial charge in [-0.05, 0) is 39.3 Å². The van der Waals surface area contributed by atoms with Crippen LogP contribution in [-0.2, 0) is 0 Å². The van der Waals surface area contributed by atoms with Gasteiger partial charge in [0.05, 0.1) is 18.1 Å². The Morgan fingerprint density at radius 3 is 2.57 bits per heavy atom. The van der Waals surface area contributed by atoms with Crippen LogP contribution in [-0.4, -0.2) is 31.5 Å². The van der Waals surface area contributed by atoms with Crippen molar-refractivity contribution in [1.29, 1.82) is 0 Å². The summed E-state index contributed by atoms with van der Waals surface area (Å²) in [6.07, 6.45) is 3.89. The quantitative estimate of drug-likeness (QED) is 0.921. The average molecular weight is 309 g/mol. The van der Waals surface area contributed by atoms with Gasteiger partial charge >= 0.3 is 6.09 Å². The maximum Gasteiger partial charge on any atom is 0.412 e. The molecule has 0 saturated carbocycles. The first kappa shape index (κ1) is 15.3. The normalized spacial score (nSPS) is 11.5. The molecule has 0 aliphatic heterocycles. The van der Waals surface area contributed by atoms with Crippen LogP contribution in [0.3, 0.4) is 0 Å². The standard InChI is InChI=1S/C14H17ClN4O2/c1-9-5-10(7-16-6-9)18-8-11(12(15)17-18)19(13(20)21)14(2,3)4/h5-8H,1-4H3,(H,20,21). The highest BCUT2D eigenvalue weighted by molar-refractivity contribution is 6.32. The lowest BCUT2D eigenvalue weighted by Crippen LogP contribution is -2.45.